The number of ether oxygens (including phenoxy) is 1. The zero-order chi connectivity index (χ0) is 22.2. The first kappa shape index (κ1) is 20.5. The second-order valence-electron chi connectivity index (χ2n) is 8.07. The van der Waals surface area contributed by atoms with Gasteiger partial charge < -0.3 is 19.9 Å². The highest BCUT2D eigenvalue weighted by Crippen LogP contribution is 2.40. The number of benzene rings is 3. The third-order valence-electron chi connectivity index (χ3n) is 6.15. The molecule has 1 aliphatic heterocycles. The summed E-state index contributed by atoms with van der Waals surface area (Å²) in [5, 5.41) is 4.76. The van der Waals surface area contributed by atoms with Gasteiger partial charge in [0.1, 0.15) is 5.75 Å². The van der Waals surface area contributed by atoms with Gasteiger partial charge in [-0.05, 0) is 66.4 Å². The molecular formula is C26H24ClN3O2. The Balaban J connectivity index is 1.61. The number of hydrogen-bond acceptors (Lipinski definition) is 2. The van der Waals surface area contributed by atoms with Gasteiger partial charge in [-0.1, -0.05) is 41.9 Å². The Kier molecular flexibility index (Phi) is 5.27. The van der Waals surface area contributed by atoms with E-state index in [2.05, 4.69) is 35.4 Å². The summed E-state index contributed by atoms with van der Waals surface area (Å²) in [6, 6.07) is 21.1. The molecule has 1 aliphatic rings. The quantitative estimate of drug-likeness (QED) is 0.387. The molecular weight excluding hydrogens is 422 g/mol. The largest absolute Gasteiger partial charge is 0.497 e. The van der Waals surface area contributed by atoms with E-state index in [9.17, 15) is 4.79 Å². The van der Waals surface area contributed by atoms with Crippen molar-refractivity contribution in [2.75, 3.05) is 19.0 Å². The van der Waals surface area contributed by atoms with Crippen LogP contribution in [0.2, 0.25) is 5.02 Å². The molecule has 4 aromatic rings. The molecule has 1 aromatic heterocycles. The first-order valence-corrected chi connectivity index (χ1v) is 11.0. The van der Waals surface area contributed by atoms with Gasteiger partial charge in [0.25, 0.3) is 0 Å². The normalized spacial score (nSPS) is 15.5. The predicted molar refractivity (Wildman–Crippen MR) is 129 cm³/mol. The standard InChI is InChI=1S/C26H24ClN3O2/c1-16-6-3-4-9-20(16)25-24-21(22-15-19(32-2)10-11-23(22)29-24)12-13-30(25)26(31)28-18-8-5-7-17(27)14-18/h3-11,14-15,25,29H,12-13H2,1-2H3,(H,28,31)/t25-/m0/s1. The number of halogens is 1. The fourth-order valence-electron chi connectivity index (χ4n) is 4.59. The first-order valence-electron chi connectivity index (χ1n) is 10.6. The van der Waals surface area contributed by atoms with Gasteiger partial charge in [-0.3, -0.25) is 0 Å². The minimum absolute atomic E-state index is 0.151. The molecule has 0 saturated carbocycles. The van der Waals surface area contributed by atoms with Crippen molar-refractivity contribution in [3.63, 3.8) is 0 Å². The van der Waals surface area contributed by atoms with Gasteiger partial charge in [-0.2, -0.15) is 0 Å². The van der Waals surface area contributed by atoms with Crippen molar-refractivity contribution in [3.05, 3.63) is 94.1 Å². The number of aromatic nitrogens is 1. The Hall–Kier alpha value is -3.44. The highest BCUT2D eigenvalue weighted by molar-refractivity contribution is 6.30. The molecule has 32 heavy (non-hydrogen) atoms. The van der Waals surface area contributed by atoms with Crippen LogP contribution in [0.4, 0.5) is 10.5 Å². The molecule has 0 saturated heterocycles. The Morgan fingerprint density at radius 1 is 1.12 bits per heavy atom. The van der Waals surface area contributed by atoms with Gasteiger partial charge in [0.15, 0.2) is 0 Å². The summed E-state index contributed by atoms with van der Waals surface area (Å²) in [7, 11) is 1.68. The zero-order valence-corrected chi connectivity index (χ0v) is 18.7. The number of amides is 2. The molecule has 0 bridgehead atoms. The van der Waals surface area contributed by atoms with E-state index in [-0.39, 0.29) is 12.1 Å². The van der Waals surface area contributed by atoms with E-state index in [1.807, 2.05) is 41.3 Å². The number of nitrogens with one attached hydrogen (secondary N) is 2. The number of nitrogens with zero attached hydrogens (tertiary/aromatic N) is 1. The van der Waals surface area contributed by atoms with Crippen molar-refractivity contribution >= 4 is 34.2 Å². The summed E-state index contributed by atoms with van der Waals surface area (Å²) in [6.07, 6.45) is 0.758. The van der Waals surface area contributed by atoms with E-state index in [0.717, 1.165) is 39.9 Å². The fraction of sp³-hybridized carbons (Fsp3) is 0.192. The molecule has 0 aliphatic carbocycles. The number of aromatic amines is 1. The molecule has 3 aromatic carbocycles. The van der Waals surface area contributed by atoms with E-state index in [1.54, 1.807) is 19.2 Å². The van der Waals surface area contributed by atoms with Gasteiger partial charge >= 0.3 is 6.03 Å². The maximum absolute atomic E-state index is 13.4. The van der Waals surface area contributed by atoms with Gasteiger partial charge in [0.2, 0.25) is 0 Å². The Morgan fingerprint density at radius 2 is 1.97 bits per heavy atom. The number of aryl methyl sites for hydroxylation is 1. The van der Waals surface area contributed by atoms with Crippen LogP contribution < -0.4 is 10.1 Å². The Labute approximate surface area is 192 Å². The van der Waals surface area contributed by atoms with Crippen LogP contribution in [0.5, 0.6) is 5.75 Å². The molecule has 2 N–H and O–H groups in total. The third-order valence-corrected chi connectivity index (χ3v) is 6.39. The number of carbonyl (C=O) groups excluding carboxylic acids is 1. The lowest BCUT2D eigenvalue weighted by Gasteiger charge is -2.37. The highest BCUT2D eigenvalue weighted by atomic mass is 35.5. The number of fused-ring (bicyclic) bond motifs is 3. The van der Waals surface area contributed by atoms with Crippen molar-refractivity contribution in [1.82, 2.24) is 9.88 Å². The Bertz CT molecular complexity index is 1310. The average Bonchev–Trinajstić information content (AvgIpc) is 3.17. The van der Waals surface area contributed by atoms with Gasteiger partial charge in [0, 0.05) is 33.9 Å². The monoisotopic (exact) mass is 445 g/mol. The minimum Gasteiger partial charge on any atom is -0.497 e. The van der Waals surface area contributed by atoms with Crippen LogP contribution in [0.3, 0.4) is 0 Å². The van der Waals surface area contributed by atoms with Crippen LogP contribution in [-0.4, -0.2) is 29.6 Å². The van der Waals surface area contributed by atoms with E-state index in [1.165, 1.54) is 5.56 Å². The van der Waals surface area contributed by atoms with Gasteiger partial charge in [-0.25, -0.2) is 4.79 Å². The maximum atomic E-state index is 13.4. The van der Waals surface area contributed by atoms with Crippen LogP contribution in [0.1, 0.15) is 28.4 Å². The van der Waals surface area contributed by atoms with Crippen molar-refractivity contribution in [1.29, 1.82) is 0 Å². The minimum atomic E-state index is -0.225. The number of H-pyrrole nitrogens is 1. The molecule has 5 nitrogen and oxygen atoms in total. The van der Waals surface area contributed by atoms with Crippen molar-refractivity contribution in [3.8, 4) is 5.75 Å². The predicted octanol–water partition coefficient (Wildman–Crippen LogP) is 6.32. The van der Waals surface area contributed by atoms with Crippen LogP contribution in [0.15, 0.2) is 66.7 Å². The average molecular weight is 446 g/mol. The third kappa shape index (κ3) is 3.59. The fourth-order valence-corrected chi connectivity index (χ4v) is 4.78. The van der Waals surface area contributed by atoms with E-state index in [0.29, 0.717) is 17.3 Å². The maximum Gasteiger partial charge on any atom is 0.322 e. The van der Waals surface area contributed by atoms with Gasteiger partial charge in [-0.15, -0.1) is 0 Å². The smallest absolute Gasteiger partial charge is 0.322 e. The molecule has 6 heteroatoms. The molecule has 2 amide bonds. The topological polar surface area (TPSA) is 57.4 Å². The number of urea groups is 1. The number of hydrogen-bond donors (Lipinski definition) is 2. The van der Waals surface area contributed by atoms with Crippen molar-refractivity contribution in [2.45, 2.75) is 19.4 Å². The van der Waals surface area contributed by atoms with E-state index >= 15 is 0 Å². The van der Waals surface area contributed by atoms with Crippen molar-refractivity contribution in [2.24, 2.45) is 0 Å². The van der Waals surface area contributed by atoms with Crippen molar-refractivity contribution < 1.29 is 9.53 Å². The van der Waals surface area contributed by atoms with Crippen LogP contribution in [-0.2, 0) is 6.42 Å². The molecule has 0 spiro atoms. The number of methoxy groups -OCH3 is 1. The molecule has 0 fully saturated rings. The number of rotatable bonds is 3. The molecule has 0 radical (unpaired) electrons. The summed E-state index contributed by atoms with van der Waals surface area (Å²) in [6.45, 7) is 2.69. The molecule has 5 rings (SSSR count). The van der Waals surface area contributed by atoms with Crippen LogP contribution in [0, 0.1) is 6.92 Å². The molecule has 162 valence electrons. The molecule has 1 atom stereocenters. The summed E-state index contributed by atoms with van der Waals surface area (Å²) in [4.78, 5) is 18.9. The summed E-state index contributed by atoms with van der Waals surface area (Å²) in [5.41, 5.74) is 6.26. The molecule has 2 heterocycles. The second-order valence-corrected chi connectivity index (χ2v) is 8.51. The lowest BCUT2D eigenvalue weighted by molar-refractivity contribution is 0.193. The summed E-state index contributed by atoms with van der Waals surface area (Å²) in [5.74, 6) is 0.827. The number of anilines is 1. The second kappa shape index (κ2) is 8.24. The van der Waals surface area contributed by atoms with E-state index < -0.39 is 0 Å². The number of carbonyl (C=O) groups is 1. The molecule has 0 unspecified atom stereocenters. The highest BCUT2D eigenvalue weighted by Gasteiger charge is 2.35. The zero-order valence-electron chi connectivity index (χ0n) is 18.0. The SMILES string of the molecule is COc1ccc2[nH]c3c(c2c1)CCN(C(=O)Nc1cccc(Cl)c1)[C@H]3c1ccccc1C. The van der Waals surface area contributed by atoms with Gasteiger partial charge in [0.05, 0.1) is 13.2 Å². The summed E-state index contributed by atoms with van der Waals surface area (Å²) < 4.78 is 5.45. The Morgan fingerprint density at radius 3 is 2.75 bits per heavy atom. The summed E-state index contributed by atoms with van der Waals surface area (Å²) >= 11 is 6.12. The van der Waals surface area contributed by atoms with Crippen LogP contribution in [0.25, 0.3) is 10.9 Å². The van der Waals surface area contributed by atoms with E-state index in [4.69, 9.17) is 16.3 Å². The van der Waals surface area contributed by atoms with Crippen LogP contribution >= 0.6 is 11.6 Å². The lowest BCUT2D eigenvalue weighted by atomic mass is 9.90. The first-order chi connectivity index (χ1) is 15.5. The lowest BCUT2D eigenvalue weighted by Crippen LogP contribution is -2.43.